The standard InChI is InChI=1S/C27H28Cl2N3O3PS/c1-27(2,16-33)31-26(34)23-15-32(25(30-23)20-9-4-5-10-21(20)28)24-12-11-18(14-22(24)29)17-7-6-8-19(13-17)37(3,35)36/h4-15,33,37H,16,36H2,1-3H3,(H,31,34). The molecule has 1 heterocycles. The summed E-state index contributed by atoms with van der Waals surface area (Å²) in [6.45, 7) is 3.21. The molecule has 4 aromatic rings. The topological polar surface area (TPSA) is 84.2 Å². The monoisotopic (exact) mass is 575 g/mol. The Morgan fingerprint density at radius 2 is 1.76 bits per heavy atom. The molecule has 10 heteroatoms. The molecule has 3 aromatic carbocycles. The van der Waals surface area contributed by atoms with E-state index in [0.29, 0.717) is 27.1 Å². The van der Waals surface area contributed by atoms with E-state index in [1.807, 2.05) is 60.7 Å². The number of benzene rings is 3. The summed E-state index contributed by atoms with van der Waals surface area (Å²) in [5.41, 5.74) is 2.32. The fraction of sp³-hybridized carbons (Fsp3) is 0.185. The second-order valence-electron chi connectivity index (χ2n) is 9.50. The molecule has 0 aliphatic carbocycles. The highest BCUT2D eigenvalue weighted by Gasteiger charge is 2.24. The van der Waals surface area contributed by atoms with E-state index in [9.17, 15) is 14.1 Å². The van der Waals surface area contributed by atoms with E-state index in [1.165, 1.54) is 0 Å². The van der Waals surface area contributed by atoms with Gasteiger partial charge in [-0.1, -0.05) is 71.5 Å². The van der Waals surface area contributed by atoms with E-state index in [1.54, 1.807) is 36.9 Å². The summed E-state index contributed by atoms with van der Waals surface area (Å²) in [6, 6.07) is 20.4. The number of amides is 1. The third kappa shape index (κ3) is 6.14. The second kappa shape index (κ2) is 10.7. The molecule has 0 bridgehead atoms. The minimum absolute atomic E-state index is 0.156. The first-order valence-corrected chi connectivity index (χ1v) is 16.0. The zero-order chi connectivity index (χ0) is 27.0. The van der Waals surface area contributed by atoms with Crippen LogP contribution in [0.4, 0.5) is 0 Å². The Balaban J connectivity index is 1.81. The van der Waals surface area contributed by atoms with Crippen LogP contribution < -0.4 is 5.32 Å². The van der Waals surface area contributed by atoms with Crippen molar-refractivity contribution in [1.29, 1.82) is 0 Å². The van der Waals surface area contributed by atoms with Crippen molar-refractivity contribution in [3.8, 4) is 28.2 Å². The molecule has 2 N–H and O–H groups in total. The van der Waals surface area contributed by atoms with Crippen molar-refractivity contribution in [1.82, 2.24) is 14.9 Å². The van der Waals surface area contributed by atoms with Gasteiger partial charge in [-0.2, -0.15) is 0 Å². The average molecular weight is 576 g/mol. The number of imidazole rings is 1. The maximum absolute atomic E-state index is 13.0. The summed E-state index contributed by atoms with van der Waals surface area (Å²) in [4.78, 5) is 18.3. The zero-order valence-corrected chi connectivity index (χ0v) is 24.1. The van der Waals surface area contributed by atoms with Crippen LogP contribution in [0.3, 0.4) is 0 Å². The lowest BCUT2D eigenvalue weighted by Gasteiger charge is -2.22. The fourth-order valence-corrected chi connectivity index (χ4v) is 5.51. The maximum atomic E-state index is 13.0. The molecule has 1 amide bonds. The Hall–Kier alpha value is -2.54. The van der Waals surface area contributed by atoms with Gasteiger partial charge >= 0.3 is 0 Å². The van der Waals surface area contributed by atoms with Crippen molar-refractivity contribution in [2.75, 3.05) is 12.9 Å². The first-order chi connectivity index (χ1) is 17.4. The van der Waals surface area contributed by atoms with Crippen LogP contribution in [0.25, 0.3) is 28.2 Å². The summed E-state index contributed by atoms with van der Waals surface area (Å²) in [5, 5.41) is 13.3. The van der Waals surface area contributed by atoms with Gasteiger partial charge in [0.2, 0.25) is 0 Å². The highest BCUT2D eigenvalue weighted by atomic mass is 35.5. The molecule has 0 aliphatic rings. The van der Waals surface area contributed by atoms with Crippen LogP contribution >= 0.6 is 31.6 Å². The molecule has 0 saturated heterocycles. The van der Waals surface area contributed by atoms with Crippen LogP contribution in [-0.4, -0.2) is 43.2 Å². The van der Waals surface area contributed by atoms with E-state index < -0.39 is 21.0 Å². The normalized spacial score (nSPS) is 12.4. The Labute approximate surface area is 229 Å². The number of nitrogens with zero attached hydrogens (tertiary/aromatic N) is 2. The van der Waals surface area contributed by atoms with Crippen LogP contribution in [0.15, 0.2) is 77.8 Å². The van der Waals surface area contributed by atoms with Gasteiger partial charge in [0.25, 0.3) is 5.91 Å². The van der Waals surface area contributed by atoms with Gasteiger partial charge < -0.3 is 10.4 Å². The molecule has 1 unspecified atom stereocenters. The smallest absolute Gasteiger partial charge is 0.271 e. The van der Waals surface area contributed by atoms with E-state index in [-0.39, 0.29) is 12.3 Å². The molecular weight excluding hydrogens is 548 g/mol. The van der Waals surface area contributed by atoms with E-state index in [4.69, 9.17) is 23.2 Å². The fourth-order valence-electron chi connectivity index (χ4n) is 3.76. The van der Waals surface area contributed by atoms with Gasteiger partial charge in [0.1, 0.15) is 11.5 Å². The van der Waals surface area contributed by atoms with Crippen LogP contribution in [0.5, 0.6) is 0 Å². The minimum atomic E-state index is -2.50. The number of thiol groups is 1. The molecule has 1 aromatic heterocycles. The Bertz CT molecular complexity index is 1530. The van der Waals surface area contributed by atoms with Gasteiger partial charge in [0.05, 0.1) is 27.9 Å². The molecule has 6 nitrogen and oxygen atoms in total. The number of carbonyl (C=O) groups is 1. The van der Waals surface area contributed by atoms with E-state index in [0.717, 1.165) is 16.0 Å². The lowest BCUT2D eigenvalue weighted by Crippen LogP contribution is -2.46. The molecule has 0 saturated carbocycles. The van der Waals surface area contributed by atoms with Gasteiger partial charge in [0.15, 0.2) is 0 Å². The third-order valence-electron chi connectivity index (χ3n) is 5.80. The lowest BCUT2D eigenvalue weighted by atomic mass is 10.1. The van der Waals surface area contributed by atoms with Crippen molar-refractivity contribution < 1.29 is 14.1 Å². The second-order valence-corrected chi connectivity index (χ2v) is 15.8. The zero-order valence-electron chi connectivity index (χ0n) is 20.6. The van der Waals surface area contributed by atoms with Crippen molar-refractivity contribution in [2.24, 2.45) is 0 Å². The first-order valence-electron chi connectivity index (χ1n) is 11.4. The van der Waals surface area contributed by atoms with Crippen LogP contribution in [0.2, 0.25) is 10.0 Å². The van der Waals surface area contributed by atoms with Gasteiger partial charge in [0, 0.05) is 16.7 Å². The average Bonchev–Trinajstić information content (AvgIpc) is 3.29. The number of aliphatic hydroxyl groups excluding tert-OH is 1. The number of rotatable bonds is 7. The SMILES string of the molecule is CC(C)(CO)NC(=O)c1cn(-c2ccc(-c3cccc([SH](C)(=O)P)c3)cc2Cl)c(-c2ccccc2Cl)n1. The Morgan fingerprint density at radius 1 is 1.05 bits per heavy atom. The molecule has 4 rings (SSSR count). The number of nitrogens with one attached hydrogen (secondary N) is 1. The van der Waals surface area contributed by atoms with Crippen LogP contribution in [0, 0.1) is 0 Å². The molecule has 37 heavy (non-hydrogen) atoms. The summed E-state index contributed by atoms with van der Waals surface area (Å²) < 4.78 is 14.3. The summed E-state index contributed by atoms with van der Waals surface area (Å²) >= 11 is 13.3. The van der Waals surface area contributed by atoms with Crippen molar-refractivity contribution in [3.63, 3.8) is 0 Å². The van der Waals surface area contributed by atoms with Gasteiger partial charge in [-0.15, -0.1) is 0 Å². The molecule has 1 atom stereocenters. The molecule has 0 aliphatic heterocycles. The lowest BCUT2D eigenvalue weighted by molar-refractivity contribution is 0.0864. The molecule has 0 spiro atoms. The quantitative estimate of drug-likeness (QED) is 0.192. The number of aliphatic hydroxyl groups is 1. The van der Waals surface area contributed by atoms with Crippen LogP contribution in [0.1, 0.15) is 24.3 Å². The third-order valence-corrected chi connectivity index (χ3v) is 8.63. The predicted octanol–water partition coefficient (Wildman–Crippen LogP) is 5.81. The van der Waals surface area contributed by atoms with Crippen molar-refractivity contribution in [2.45, 2.75) is 24.3 Å². The highest BCUT2D eigenvalue weighted by Crippen LogP contribution is 2.35. The number of hydrogen-bond acceptors (Lipinski definition) is 4. The van der Waals surface area contributed by atoms with Crippen molar-refractivity contribution >= 4 is 47.1 Å². The Kier molecular flexibility index (Phi) is 7.93. The summed E-state index contributed by atoms with van der Waals surface area (Å²) in [5.74, 6) is 0.0150. The highest BCUT2D eigenvalue weighted by molar-refractivity contribution is 8.44. The summed E-state index contributed by atoms with van der Waals surface area (Å²) in [6.07, 6.45) is 3.31. The molecule has 0 radical (unpaired) electrons. The summed E-state index contributed by atoms with van der Waals surface area (Å²) in [7, 11) is -0.0710. The number of hydrogen-bond donors (Lipinski definition) is 3. The minimum Gasteiger partial charge on any atom is -0.394 e. The van der Waals surface area contributed by atoms with Crippen LogP contribution in [-0.2, 0) is 9.55 Å². The van der Waals surface area contributed by atoms with Crippen molar-refractivity contribution in [3.05, 3.63) is 88.7 Å². The van der Waals surface area contributed by atoms with E-state index in [2.05, 4.69) is 18.7 Å². The number of carbonyl (C=O) groups excluding carboxylic acids is 1. The molecule has 194 valence electrons. The maximum Gasteiger partial charge on any atom is 0.271 e. The molecule has 0 fully saturated rings. The van der Waals surface area contributed by atoms with Gasteiger partial charge in [-0.25, -0.2) is 4.98 Å². The Morgan fingerprint density at radius 3 is 2.41 bits per heavy atom. The number of aromatic nitrogens is 2. The van der Waals surface area contributed by atoms with Gasteiger partial charge in [-0.05, 0) is 67.6 Å². The first kappa shape index (κ1) is 27.5. The largest absolute Gasteiger partial charge is 0.394 e. The van der Waals surface area contributed by atoms with E-state index >= 15 is 0 Å². The molecular formula is C27H28Cl2N3O3PS. The number of halogens is 2. The predicted molar refractivity (Wildman–Crippen MR) is 157 cm³/mol. The van der Waals surface area contributed by atoms with Gasteiger partial charge in [-0.3, -0.25) is 13.6 Å².